The Balaban J connectivity index is 2.32. The number of carboxylic acid groups (broad SMARTS) is 1. The summed E-state index contributed by atoms with van der Waals surface area (Å²) in [4.78, 5) is 11.2. The van der Waals surface area contributed by atoms with Crippen molar-refractivity contribution in [2.75, 3.05) is 0 Å². The van der Waals surface area contributed by atoms with Crippen LogP contribution in [-0.4, -0.2) is 15.6 Å². The molecule has 1 N–H and O–H groups in total. The van der Waals surface area contributed by atoms with Crippen LogP contribution >= 0.6 is 0 Å². The lowest BCUT2D eigenvalue weighted by atomic mass is 9.85. The number of carboxylic acids is 1. The second-order valence-electron chi connectivity index (χ2n) is 4.26. The maximum absolute atomic E-state index is 11.2. The molecule has 0 aromatic carbocycles. The number of aromatic nitrogens is 1. The van der Waals surface area contributed by atoms with Gasteiger partial charge in [0.2, 0.25) is 0 Å². The summed E-state index contributed by atoms with van der Waals surface area (Å²) >= 11 is 0. The molecule has 1 aliphatic rings. The summed E-state index contributed by atoms with van der Waals surface area (Å²) in [6.07, 6.45) is 6.67. The molecule has 2 rings (SSSR count). The van der Waals surface area contributed by atoms with Gasteiger partial charge in [0.15, 0.2) is 0 Å². The molecule has 1 aliphatic carbocycles. The van der Waals surface area contributed by atoms with E-state index in [0.29, 0.717) is 0 Å². The average Bonchev–Trinajstić information content (AvgIpc) is 2.72. The fourth-order valence-corrected chi connectivity index (χ4v) is 2.43. The average molecular weight is 193 g/mol. The molecule has 0 bridgehead atoms. The van der Waals surface area contributed by atoms with Crippen LogP contribution < -0.4 is 0 Å². The van der Waals surface area contributed by atoms with E-state index in [9.17, 15) is 9.90 Å². The highest BCUT2D eigenvalue weighted by atomic mass is 16.4. The summed E-state index contributed by atoms with van der Waals surface area (Å²) in [6, 6.07) is 4.01. The van der Waals surface area contributed by atoms with E-state index in [0.717, 1.165) is 19.3 Å². The fraction of sp³-hybridized carbons (Fsp3) is 0.545. The van der Waals surface area contributed by atoms with Crippen molar-refractivity contribution in [3.63, 3.8) is 0 Å². The van der Waals surface area contributed by atoms with Crippen LogP contribution in [-0.2, 0) is 4.79 Å². The first-order valence-corrected chi connectivity index (χ1v) is 5.00. The van der Waals surface area contributed by atoms with Crippen molar-refractivity contribution in [3.8, 4) is 0 Å². The monoisotopic (exact) mass is 193 g/mol. The minimum absolute atomic E-state index is 0.120. The number of nitrogens with zero attached hydrogens (tertiary/aromatic N) is 1. The van der Waals surface area contributed by atoms with Gasteiger partial charge in [-0.25, -0.2) is 0 Å². The molecule has 0 radical (unpaired) electrons. The zero-order valence-electron chi connectivity index (χ0n) is 8.31. The Morgan fingerprint density at radius 1 is 1.50 bits per heavy atom. The van der Waals surface area contributed by atoms with Crippen molar-refractivity contribution in [2.45, 2.75) is 32.2 Å². The Hall–Kier alpha value is -1.25. The van der Waals surface area contributed by atoms with Crippen LogP contribution in [0.4, 0.5) is 0 Å². The van der Waals surface area contributed by atoms with Gasteiger partial charge in [-0.05, 0) is 31.9 Å². The second-order valence-corrected chi connectivity index (χ2v) is 4.26. The Morgan fingerprint density at radius 2 is 2.14 bits per heavy atom. The van der Waals surface area contributed by atoms with Gasteiger partial charge in [0.25, 0.3) is 0 Å². The molecular formula is C11H15NO2. The van der Waals surface area contributed by atoms with Crippen molar-refractivity contribution in [1.82, 2.24) is 4.57 Å². The first-order chi connectivity index (χ1) is 6.64. The Labute approximate surface area is 83.4 Å². The molecule has 0 spiro atoms. The predicted molar refractivity (Wildman–Crippen MR) is 53.1 cm³/mol. The molecule has 1 saturated carbocycles. The van der Waals surface area contributed by atoms with Crippen molar-refractivity contribution in [3.05, 3.63) is 24.5 Å². The van der Waals surface area contributed by atoms with Gasteiger partial charge in [-0.15, -0.1) is 0 Å². The number of hydrogen-bond acceptors (Lipinski definition) is 1. The van der Waals surface area contributed by atoms with Gasteiger partial charge in [-0.1, -0.05) is 6.42 Å². The van der Waals surface area contributed by atoms with Gasteiger partial charge in [0.1, 0.15) is 0 Å². The second kappa shape index (κ2) is 3.15. The third-order valence-corrected chi connectivity index (χ3v) is 3.39. The van der Waals surface area contributed by atoms with Crippen molar-refractivity contribution < 1.29 is 9.90 Å². The Morgan fingerprint density at radius 3 is 2.71 bits per heavy atom. The Bertz CT molecular complexity index is 331. The van der Waals surface area contributed by atoms with Crippen LogP contribution in [0.2, 0.25) is 0 Å². The van der Waals surface area contributed by atoms with E-state index >= 15 is 0 Å². The predicted octanol–water partition coefficient (Wildman–Crippen LogP) is 2.30. The highest BCUT2D eigenvalue weighted by molar-refractivity contribution is 5.75. The lowest BCUT2D eigenvalue weighted by Crippen LogP contribution is -2.32. The fourth-order valence-electron chi connectivity index (χ4n) is 2.43. The molecule has 1 heterocycles. The van der Waals surface area contributed by atoms with E-state index in [-0.39, 0.29) is 6.04 Å². The van der Waals surface area contributed by atoms with Gasteiger partial charge >= 0.3 is 5.97 Å². The van der Waals surface area contributed by atoms with Crippen LogP contribution in [0.25, 0.3) is 0 Å². The van der Waals surface area contributed by atoms with Gasteiger partial charge in [-0.2, -0.15) is 0 Å². The van der Waals surface area contributed by atoms with Crippen molar-refractivity contribution in [2.24, 2.45) is 5.41 Å². The van der Waals surface area contributed by atoms with Crippen LogP contribution in [0.1, 0.15) is 32.2 Å². The lowest BCUT2D eigenvalue weighted by Gasteiger charge is -2.28. The summed E-state index contributed by atoms with van der Waals surface area (Å²) in [7, 11) is 0. The smallest absolute Gasteiger partial charge is 0.311 e. The highest BCUT2D eigenvalue weighted by Crippen LogP contribution is 2.46. The number of carbonyl (C=O) groups is 1. The minimum atomic E-state index is -0.672. The van der Waals surface area contributed by atoms with Gasteiger partial charge in [-0.3, -0.25) is 4.79 Å². The highest BCUT2D eigenvalue weighted by Gasteiger charge is 2.45. The summed E-state index contributed by atoms with van der Waals surface area (Å²) < 4.78 is 2.03. The van der Waals surface area contributed by atoms with E-state index in [2.05, 4.69) is 0 Å². The van der Waals surface area contributed by atoms with Crippen molar-refractivity contribution in [1.29, 1.82) is 0 Å². The topological polar surface area (TPSA) is 42.2 Å². The summed E-state index contributed by atoms with van der Waals surface area (Å²) in [5.74, 6) is -0.672. The summed E-state index contributed by atoms with van der Waals surface area (Å²) in [6.45, 7) is 1.85. The van der Waals surface area contributed by atoms with Crippen LogP contribution in [0.5, 0.6) is 0 Å². The quantitative estimate of drug-likeness (QED) is 0.783. The number of aliphatic carboxylic acids is 1. The van der Waals surface area contributed by atoms with E-state index < -0.39 is 11.4 Å². The zero-order chi connectivity index (χ0) is 10.2. The Kier molecular flexibility index (Phi) is 2.10. The molecule has 1 aromatic heterocycles. The van der Waals surface area contributed by atoms with Crippen molar-refractivity contribution >= 4 is 5.97 Å². The first-order valence-electron chi connectivity index (χ1n) is 5.00. The minimum Gasteiger partial charge on any atom is -0.481 e. The third kappa shape index (κ3) is 1.24. The maximum atomic E-state index is 11.2. The van der Waals surface area contributed by atoms with Gasteiger partial charge in [0.05, 0.1) is 5.41 Å². The van der Waals surface area contributed by atoms with E-state index in [1.54, 1.807) is 0 Å². The maximum Gasteiger partial charge on any atom is 0.311 e. The van der Waals surface area contributed by atoms with Crippen LogP contribution in [0.15, 0.2) is 24.5 Å². The molecule has 3 nitrogen and oxygen atoms in total. The van der Waals surface area contributed by atoms with Gasteiger partial charge in [0, 0.05) is 18.4 Å². The number of rotatable bonds is 2. The van der Waals surface area contributed by atoms with E-state index in [4.69, 9.17) is 0 Å². The summed E-state index contributed by atoms with van der Waals surface area (Å²) in [5.41, 5.74) is -0.584. The van der Waals surface area contributed by atoms with Crippen LogP contribution in [0.3, 0.4) is 0 Å². The van der Waals surface area contributed by atoms with Gasteiger partial charge < -0.3 is 9.67 Å². The molecule has 0 amide bonds. The molecule has 3 heteroatoms. The molecule has 2 unspecified atom stereocenters. The molecule has 0 saturated heterocycles. The van der Waals surface area contributed by atoms with E-state index in [1.165, 1.54) is 0 Å². The molecule has 2 atom stereocenters. The standard InChI is InChI=1S/C11H15NO2/c1-11(10(13)14)6-4-5-9(11)12-7-2-3-8-12/h2-3,7-9H,4-6H2,1H3,(H,13,14). The normalized spacial score (nSPS) is 31.9. The summed E-state index contributed by atoms with van der Waals surface area (Å²) in [5, 5.41) is 9.23. The SMILES string of the molecule is CC1(C(=O)O)CCCC1n1cccc1. The molecule has 76 valence electrons. The van der Waals surface area contributed by atoms with Crippen LogP contribution in [0, 0.1) is 5.41 Å². The molecule has 1 fully saturated rings. The molecule has 0 aliphatic heterocycles. The molecular weight excluding hydrogens is 178 g/mol. The molecule has 14 heavy (non-hydrogen) atoms. The number of hydrogen-bond donors (Lipinski definition) is 1. The third-order valence-electron chi connectivity index (χ3n) is 3.39. The molecule has 1 aromatic rings. The zero-order valence-corrected chi connectivity index (χ0v) is 8.31. The lowest BCUT2D eigenvalue weighted by molar-refractivity contribution is -0.149. The van der Waals surface area contributed by atoms with E-state index in [1.807, 2.05) is 36.0 Å². The largest absolute Gasteiger partial charge is 0.481 e. The first kappa shape index (κ1) is 9.31.